The maximum Gasteiger partial charge on any atom is 0.0709 e. The van der Waals surface area contributed by atoms with Gasteiger partial charge in [0.25, 0.3) is 0 Å². The molecule has 1 aliphatic heterocycles. The number of aromatic nitrogens is 1. The number of para-hydroxylation sites is 1. The molecule has 1 saturated heterocycles. The maximum absolute atomic E-state index is 4.71. The zero-order valence-electron chi connectivity index (χ0n) is 11.5. The first-order chi connectivity index (χ1) is 9.33. The molecular weight excluding hydrogens is 232 g/mol. The Balaban J connectivity index is 1.86. The number of allylic oxidation sites excluding steroid dienone is 1. The van der Waals surface area contributed by atoms with Gasteiger partial charge in [-0.05, 0) is 44.4 Å². The fourth-order valence-corrected chi connectivity index (χ4v) is 2.71. The van der Waals surface area contributed by atoms with E-state index in [0.717, 1.165) is 11.2 Å². The van der Waals surface area contributed by atoms with Crippen LogP contribution in [0.25, 0.3) is 17.0 Å². The van der Waals surface area contributed by atoms with Crippen LogP contribution in [0.1, 0.15) is 31.9 Å². The first-order valence-electron chi connectivity index (χ1n) is 7.12. The van der Waals surface area contributed by atoms with Crippen LogP contribution in [0.5, 0.6) is 0 Å². The summed E-state index contributed by atoms with van der Waals surface area (Å²) in [5.41, 5.74) is 3.46. The second-order valence-electron chi connectivity index (χ2n) is 5.26. The average molecular weight is 252 g/mol. The molecule has 0 unspecified atom stereocenters. The van der Waals surface area contributed by atoms with Crippen molar-refractivity contribution in [3.63, 3.8) is 0 Å². The lowest BCUT2D eigenvalue weighted by molar-refractivity contribution is 0.288. The number of rotatable bonds is 2. The molecule has 0 saturated carbocycles. The molecule has 1 fully saturated rings. The lowest BCUT2D eigenvalue weighted by atomic mass is 10.1. The van der Waals surface area contributed by atoms with E-state index in [1.54, 1.807) is 0 Å². The third-order valence-electron chi connectivity index (χ3n) is 3.83. The van der Waals surface area contributed by atoms with Crippen molar-refractivity contribution in [3.8, 4) is 0 Å². The van der Waals surface area contributed by atoms with Gasteiger partial charge in [-0.1, -0.05) is 24.3 Å². The Kier molecular flexibility index (Phi) is 3.49. The van der Waals surface area contributed by atoms with Gasteiger partial charge in [0.05, 0.1) is 11.2 Å². The van der Waals surface area contributed by atoms with Gasteiger partial charge in [-0.3, -0.25) is 0 Å². The summed E-state index contributed by atoms with van der Waals surface area (Å²) in [5, 5.41) is 1.20. The molecule has 0 N–H and O–H groups in total. The molecule has 98 valence electrons. The normalized spacial score (nSPS) is 16.9. The summed E-state index contributed by atoms with van der Waals surface area (Å²) in [6.45, 7) is 4.58. The van der Waals surface area contributed by atoms with E-state index >= 15 is 0 Å². The van der Waals surface area contributed by atoms with Crippen molar-refractivity contribution in [1.29, 1.82) is 0 Å². The number of hydrogen-bond acceptors (Lipinski definition) is 2. The van der Waals surface area contributed by atoms with Crippen molar-refractivity contribution >= 4 is 17.0 Å². The molecule has 2 heterocycles. The van der Waals surface area contributed by atoms with Crippen LogP contribution in [0.2, 0.25) is 0 Å². The standard InChI is InChI=1S/C17H20N2/c1-14(19-11-5-2-6-12-19)13-16-10-9-15-7-3-4-8-17(15)18-16/h3-4,7-10,13H,2,5-6,11-12H2,1H3. The van der Waals surface area contributed by atoms with Gasteiger partial charge in [-0.15, -0.1) is 0 Å². The maximum atomic E-state index is 4.71. The van der Waals surface area contributed by atoms with Crippen LogP contribution in [-0.4, -0.2) is 23.0 Å². The lowest BCUT2D eigenvalue weighted by Crippen LogP contribution is -2.27. The second kappa shape index (κ2) is 5.43. The predicted octanol–water partition coefficient (Wildman–Crippen LogP) is 4.08. The highest BCUT2D eigenvalue weighted by atomic mass is 15.1. The van der Waals surface area contributed by atoms with Crippen LogP contribution >= 0.6 is 0 Å². The molecule has 3 rings (SSSR count). The summed E-state index contributed by atoms with van der Waals surface area (Å²) < 4.78 is 0. The average Bonchev–Trinajstić information content (AvgIpc) is 2.48. The molecule has 0 radical (unpaired) electrons. The van der Waals surface area contributed by atoms with Crippen molar-refractivity contribution in [2.75, 3.05) is 13.1 Å². The SMILES string of the molecule is CC(=Cc1ccc2ccccc2n1)N1CCCCC1. The Morgan fingerprint density at radius 1 is 1.05 bits per heavy atom. The van der Waals surface area contributed by atoms with Crippen molar-refractivity contribution in [3.05, 3.63) is 47.8 Å². The summed E-state index contributed by atoms with van der Waals surface area (Å²) in [6.07, 6.45) is 6.21. The van der Waals surface area contributed by atoms with Gasteiger partial charge in [0.2, 0.25) is 0 Å². The minimum atomic E-state index is 1.06. The number of fused-ring (bicyclic) bond motifs is 1. The minimum Gasteiger partial charge on any atom is -0.375 e. The molecule has 2 heteroatoms. The van der Waals surface area contributed by atoms with Crippen molar-refractivity contribution in [1.82, 2.24) is 9.88 Å². The number of pyridine rings is 1. The highest BCUT2D eigenvalue weighted by Gasteiger charge is 2.10. The Morgan fingerprint density at radius 2 is 1.84 bits per heavy atom. The largest absolute Gasteiger partial charge is 0.375 e. The summed E-state index contributed by atoms with van der Waals surface area (Å²) in [6, 6.07) is 12.5. The fourth-order valence-electron chi connectivity index (χ4n) is 2.71. The molecule has 1 aromatic heterocycles. The number of piperidine rings is 1. The molecule has 2 aromatic rings. The quantitative estimate of drug-likeness (QED) is 0.800. The Bertz CT molecular complexity index is 595. The summed E-state index contributed by atoms with van der Waals surface area (Å²) in [5.74, 6) is 0. The van der Waals surface area contributed by atoms with E-state index in [1.807, 2.05) is 6.07 Å². The van der Waals surface area contributed by atoms with Crippen LogP contribution in [-0.2, 0) is 0 Å². The molecule has 1 aromatic carbocycles. The molecule has 1 aliphatic rings. The van der Waals surface area contributed by atoms with E-state index in [9.17, 15) is 0 Å². The topological polar surface area (TPSA) is 16.1 Å². The molecule has 0 spiro atoms. The van der Waals surface area contributed by atoms with E-state index in [1.165, 1.54) is 43.4 Å². The summed E-state index contributed by atoms with van der Waals surface area (Å²) in [7, 11) is 0. The second-order valence-corrected chi connectivity index (χ2v) is 5.26. The van der Waals surface area contributed by atoms with Crippen molar-refractivity contribution in [2.45, 2.75) is 26.2 Å². The molecule has 0 atom stereocenters. The number of hydrogen-bond donors (Lipinski definition) is 0. The Labute approximate surface area is 114 Å². The van der Waals surface area contributed by atoms with Crippen molar-refractivity contribution < 1.29 is 0 Å². The minimum absolute atomic E-state index is 1.06. The Hall–Kier alpha value is -1.83. The zero-order chi connectivity index (χ0) is 13.1. The van der Waals surface area contributed by atoms with E-state index < -0.39 is 0 Å². The molecule has 0 bridgehead atoms. The van der Waals surface area contributed by atoms with E-state index in [-0.39, 0.29) is 0 Å². The highest BCUT2D eigenvalue weighted by molar-refractivity contribution is 5.79. The fraction of sp³-hybridized carbons (Fsp3) is 0.353. The monoisotopic (exact) mass is 252 g/mol. The summed E-state index contributed by atoms with van der Waals surface area (Å²) in [4.78, 5) is 7.18. The van der Waals surface area contributed by atoms with Crippen LogP contribution in [0.15, 0.2) is 42.1 Å². The zero-order valence-corrected chi connectivity index (χ0v) is 11.5. The van der Waals surface area contributed by atoms with Crippen LogP contribution in [0.4, 0.5) is 0 Å². The molecule has 19 heavy (non-hydrogen) atoms. The number of likely N-dealkylation sites (tertiary alicyclic amines) is 1. The third kappa shape index (κ3) is 2.78. The number of nitrogens with zero attached hydrogens (tertiary/aromatic N) is 2. The van der Waals surface area contributed by atoms with Crippen molar-refractivity contribution in [2.24, 2.45) is 0 Å². The van der Waals surface area contributed by atoms with Gasteiger partial charge in [0.15, 0.2) is 0 Å². The van der Waals surface area contributed by atoms with E-state index in [0.29, 0.717) is 0 Å². The highest BCUT2D eigenvalue weighted by Crippen LogP contribution is 2.18. The van der Waals surface area contributed by atoms with Gasteiger partial charge < -0.3 is 4.90 Å². The van der Waals surface area contributed by atoms with Crippen LogP contribution in [0, 0.1) is 0 Å². The van der Waals surface area contributed by atoms with Gasteiger partial charge in [-0.2, -0.15) is 0 Å². The predicted molar refractivity (Wildman–Crippen MR) is 80.8 cm³/mol. The van der Waals surface area contributed by atoms with Gasteiger partial charge >= 0.3 is 0 Å². The lowest BCUT2D eigenvalue weighted by Gasteiger charge is -2.29. The molecule has 2 nitrogen and oxygen atoms in total. The summed E-state index contributed by atoms with van der Waals surface area (Å²) >= 11 is 0. The number of benzene rings is 1. The molecular formula is C17H20N2. The van der Waals surface area contributed by atoms with Gasteiger partial charge in [0.1, 0.15) is 0 Å². The van der Waals surface area contributed by atoms with Crippen LogP contribution < -0.4 is 0 Å². The third-order valence-corrected chi connectivity index (χ3v) is 3.83. The molecule has 0 amide bonds. The molecule has 0 aliphatic carbocycles. The van der Waals surface area contributed by atoms with E-state index in [4.69, 9.17) is 4.98 Å². The van der Waals surface area contributed by atoms with Crippen LogP contribution in [0.3, 0.4) is 0 Å². The Morgan fingerprint density at radius 3 is 2.68 bits per heavy atom. The van der Waals surface area contributed by atoms with E-state index in [2.05, 4.69) is 48.2 Å². The first-order valence-corrected chi connectivity index (χ1v) is 7.12. The smallest absolute Gasteiger partial charge is 0.0709 e. The van der Waals surface area contributed by atoms with Gasteiger partial charge in [0, 0.05) is 24.2 Å². The van der Waals surface area contributed by atoms with Gasteiger partial charge in [-0.25, -0.2) is 4.98 Å². The first kappa shape index (κ1) is 12.2.